The molecule has 1 aromatic carbocycles. The Bertz CT molecular complexity index is 271. The van der Waals surface area contributed by atoms with Gasteiger partial charge in [-0.3, -0.25) is 0 Å². The van der Waals surface area contributed by atoms with Gasteiger partial charge in [0.15, 0.2) is 0 Å². The van der Waals surface area contributed by atoms with Gasteiger partial charge in [0, 0.05) is 19.6 Å². The van der Waals surface area contributed by atoms with E-state index in [0.717, 1.165) is 4.90 Å². The highest BCUT2D eigenvalue weighted by atomic mass is 32.2. The zero-order valence-corrected chi connectivity index (χ0v) is 11.2. The van der Waals surface area contributed by atoms with E-state index in [1.165, 1.54) is 14.7 Å². The Balaban J connectivity index is 3.20. The maximum atomic E-state index is 4.51. The molecule has 0 N–H and O–H groups in total. The van der Waals surface area contributed by atoms with Crippen LogP contribution < -0.4 is 0 Å². The monoisotopic (exact) mass is 248 g/mol. The van der Waals surface area contributed by atoms with Crippen molar-refractivity contribution in [3.05, 3.63) is 12.1 Å². The molecular formula is C9H12S4. The van der Waals surface area contributed by atoms with Gasteiger partial charge >= 0.3 is 0 Å². The molecule has 0 aliphatic rings. The van der Waals surface area contributed by atoms with Crippen LogP contribution in [0.15, 0.2) is 31.7 Å². The van der Waals surface area contributed by atoms with Crippen LogP contribution in [0.5, 0.6) is 0 Å². The molecule has 4 heteroatoms. The zero-order chi connectivity index (χ0) is 9.84. The van der Waals surface area contributed by atoms with Gasteiger partial charge in [0.25, 0.3) is 0 Å². The lowest BCUT2D eigenvalue weighted by molar-refractivity contribution is 1.08. The maximum Gasteiger partial charge on any atom is 0.0313 e. The Hall–Kier alpha value is 0.620. The van der Waals surface area contributed by atoms with Crippen LogP contribution in [0.3, 0.4) is 0 Å². The Labute approximate surface area is 98.1 Å². The molecule has 0 saturated heterocycles. The average molecular weight is 248 g/mol. The van der Waals surface area contributed by atoms with Gasteiger partial charge in [0.05, 0.1) is 0 Å². The highest BCUT2D eigenvalue weighted by Gasteiger charge is 2.05. The van der Waals surface area contributed by atoms with Crippen LogP contribution in [-0.4, -0.2) is 18.8 Å². The minimum absolute atomic E-state index is 1.11. The first-order valence-corrected chi connectivity index (χ1v) is 7.84. The standard InChI is InChI=1S/C9H12S4/c1-11-6-4-7(12-2)9(10)8(5-6)13-3/h4-5,10H,1-3H3. The van der Waals surface area contributed by atoms with Crippen LogP contribution in [0.1, 0.15) is 0 Å². The lowest BCUT2D eigenvalue weighted by Gasteiger charge is -2.08. The van der Waals surface area contributed by atoms with Gasteiger partial charge < -0.3 is 0 Å². The zero-order valence-electron chi connectivity index (χ0n) is 7.83. The van der Waals surface area contributed by atoms with Crippen molar-refractivity contribution in [2.24, 2.45) is 0 Å². The lowest BCUT2D eigenvalue weighted by Crippen LogP contribution is -1.81. The molecule has 0 bridgehead atoms. The van der Waals surface area contributed by atoms with E-state index < -0.39 is 0 Å². The van der Waals surface area contributed by atoms with Crippen LogP contribution in [0.25, 0.3) is 0 Å². The summed E-state index contributed by atoms with van der Waals surface area (Å²) in [7, 11) is 0. The molecule has 0 aromatic heterocycles. The van der Waals surface area contributed by atoms with E-state index in [9.17, 15) is 0 Å². The van der Waals surface area contributed by atoms with Crippen molar-refractivity contribution in [3.63, 3.8) is 0 Å². The van der Waals surface area contributed by atoms with Gasteiger partial charge in [0.2, 0.25) is 0 Å². The Morgan fingerprint density at radius 2 is 1.38 bits per heavy atom. The molecule has 0 fully saturated rings. The van der Waals surface area contributed by atoms with Gasteiger partial charge in [-0.25, -0.2) is 0 Å². The van der Waals surface area contributed by atoms with Gasteiger partial charge in [-0.05, 0) is 30.9 Å². The largest absolute Gasteiger partial charge is 0.141 e. The second-order valence-electron chi connectivity index (χ2n) is 2.38. The fraction of sp³-hybridized carbons (Fsp3) is 0.333. The molecule has 0 aliphatic heterocycles. The molecule has 0 radical (unpaired) electrons. The summed E-state index contributed by atoms with van der Waals surface area (Å²) in [5.41, 5.74) is 0. The third kappa shape index (κ3) is 2.78. The van der Waals surface area contributed by atoms with E-state index >= 15 is 0 Å². The van der Waals surface area contributed by atoms with E-state index in [2.05, 4.69) is 43.5 Å². The number of hydrogen-bond donors (Lipinski definition) is 1. The van der Waals surface area contributed by atoms with E-state index in [4.69, 9.17) is 0 Å². The van der Waals surface area contributed by atoms with E-state index in [-0.39, 0.29) is 0 Å². The summed E-state index contributed by atoms with van der Waals surface area (Å²) >= 11 is 9.79. The van der Waals surface area contributed by atoms with Crippen LogP contribution in [0.2, 0.25) is 0 Å². The number of hydrogen-bond acceptors (Lipinski definition) is 4. The summed E-state index contributed by atoms with van der Waals surface area (Å²) in [6.45, 7) is 0. The Morgan fingerprint density at radius 3 is 1.69 bits per heavy atom. The van der Waals surface area contributed by atoms with Crippen molar-refractivity contribution in [3.8, 4) is 0 Å². The van der Waals surface area contributed by atoms with Crippen molar-refractivity contribution in [2.45, 2.75) is 19.6 Å². The number of benzene rings is 1. The smallest absolute Gasteiger partial charge is 0.0313 e. The third-order valence-electron chi connectivity index (χ3n) is 1.69. The predicted molar refractivity (Wildman–Crippen MR) is 69.0 cm³/mol. The lowest BCUT2D eigenvalue weighted by atomic mass is 10.3. The normalized spacial score (nSPS) is 10.5. The molecule has 0 unspecified atom stereocenters. The summed E-state index contributed by atoms with van der Waals surface area (Å²) in [5.74, 6) is 0. The summed E-state index contributed by atoms with van der Waals surface area (Å²) in [5, 5.41) is 0. The second-order valence-corrected chi connectivity index (χ2v) is 5.40. The SMILES string of the molecule is CSc1cc(SC)c(S)c(SC)c1. The first-order chi connectivity index (χ1) is 6.22. The van der Waals surface area contributed by atoms with Gasteiger partial charge in [0.1, 0.15) is 0 Å². The summed E-state index contributed by atoms with van der Waals surface area (Å²) in [4.78, 5) is 4.95. The van der Waals surface area contributed by atoms with Gasteiger partial charge in [-0.15, -0.1) is 47.9 Å². The molecule has 0 spiro atoms. The van der Waals surface area contributed by atoms with Crippen molar-refractivity contribution in [1.29, 1.82) is 0 Å². The molecule has 0 nitrogen and oxygen atoms in total. The van der Waals surface area contributed by atoms with Crippen molar-refractivity contribution < 1.29 is 0 Å². The Kier molecular flexibility index (Phi) is 4.94. The van der Waals surface area contributed by atoms with Crippen molar-refractivity contribution >= 4 is 47.9 Å². The molecule has 0 heterocycles. The summed E-state index contributed by atoms with van der Waals surface area (Å²) in [6, 6.07) is 4.38. The van der Waals surface area contributed by atoms with Gasteiger partial charge in [-0.1, -0.05) is 0 Å². The van der Waals surface area contributed by atoms with Crippen LogP contribution in [0.4, 0.5) is 0 Å². The molecule has 0 saturated carbocycles. The molecule has 72 valence electrons. The quantitative estimate of drug-likeness (QED) is 0.631. The summed E-state index contributed by atoms with van der Waals surface area (Å²) in [6.07, 6.45) is 6.27. The summed E-state index contributed by atoms with van der Waals surface area (Å²) < 4.78 is 0. The number of thiol groups is 1. The highest BCUT2D eigenvalue weighted by Crippen LogP contribution is 2.35. The average Bonchev–Trinajstić information content (AvgIpc) is 2.18. The van der Waals surface area contributed by atoms with E-state index in [1.54, 1.807) is 35.3 Å². The highest BCUT2D eigenvalue weighted by molar-refractivity contribution is 8.00. The molecule has 0 aliphatic carbocycles. The minimum Gasteiger partial charge on any atom is -0.141 e. The molecule has 13 heavy (non-hydrogen) atoms. The molecule has 0 amide bonds. The molecule has 1 aromatic rings. The van der Waals surface area contributed by atoms with Crippen LogP contribution in [0, 0.1) is 0 Å². The fourth-order valence-corrected chi connectivity index (χ4v) is 3.45. The molecular weight excluding hydrogens is 236 g/mol. The minimum atomic E-state index is 1.11. The van der Waals surface area contributed by atoms with Gasteiger partial charge in [-0.2, -0.15) is 0 Å². The second kappa shape index (κ2) is 5.49. The van der Waals surface area contributed by atoms with Crippen LogP contribution in [-0.2, 0) is 0 Å². The Morgan fingerprint density at radius 1 is 0.923 bits per heavy atom. The first kappa shape index (κ1) is 11.7. The topological polar surface area (TPSA) is 0 Å². The van der Waals surface area contributed by atoms with Crippen LogP contribution >= 0.6 is 47.9 Å². The van der Waals surface area contributed by atoms with Crippen molar-refractivity contribution in [2.75, 3.05) is 18.8 Å². The molecule has 1 rings (SSSR count). The predicted octanol–water partition coefficient (Wildman–Crippen LogP) is 4.14. The van der Waals surface area contributed by atoms with E-state index in [0.29, 0.717) is 0 Å². The maximum absolute atomic E-state index is 4.51. The van der Waals surface area contributed by atoms with Crippen molar-refractivity contribution in [1.82, 2.24) is 0 Å². The first-order valence-electron chi connectivity index (χ1n) is 3.72. The van der Waals surface area contributed by atoms with E-state index in [1.807, 2.05) is 0 Å². The molecule has 0 atom stereocenters. The third-order valence-corrected chi connectivity index (χ3v) is 4.70. The number of thioether (sulfide) groups is 3. The number of rotatable bonds is 3. The fourth-order valence-electron chi connectivity index (χ4n) is 0.987.